The van der Waals surface area contributed by atoms with E-state index in [0.29, 0.717) is 17.4 Å². The van der Waals surface area contributed by atoms with Crippen LogP contribution in [0.3, 0.4) is 0 Å². The number of likely N-dealkylation sites (tertiary alicyclic amines) is 1. The Labute approximate surface area is 156 Å². The quantitative estimate of drug-likeness (QED) is 0.699. The molecule has 132 valence electrons. The zero-order valence-corrected chi connectivity index (χ0v) is 15.6. The highest BCUT2D eigenvalue weighted by Gasteiger charge is 2.22. The molecule has 2 aromatic rings. The molecular formula is C19H20ClFN2OS. The van der Waals surface area contributed by atoms with Crippen molar-refractivity contribution in [2.75, 3.05) is 13.1 Å². The molecule has 0 unspecified atom stereocenters. The second-order valence-corrected chi connectivity index (χ2v) is 7.81. The Morgan fingerprint density at radius 2 is 2.08 bits per heavy atom. The summed E-state index contributed by atoms with van der Waals surface area (Å²) in [6, 6.07) is 10.2. The molecule has 0 N–H and O–H groups in total. The lowest BCUT2D eigenvalue weighted by Gasteiger charge is -2.30. The molecule has 25 heavy (non-hydrogen) atoms. The second kappa shape index (κ2) is 8.19. The Hall–Kier alpha value is -1.59. The van der Waals surface area contributed by atoms with E-state index >= 15 is 0 Å². The molecule has 1 saturated heterocycles. The van der Waals surface area contributed by atoms with Gasteiger partial charge >= 0.3 is 0 Å². The zero-order chi connectivity index (χ0) is 17.8. The number of piperidine rings is 1. The number of nitrogens with zero attached hydrogens (tertiary/aromatic N) is 2. The van der Waals surface area contributed by atoms with Crippen LogP contribution in [0.25, 0.3) is 0 Å². The van der Waals surface area contributed by atoms with Gasteiger partial charge in [-0.25, -0.2) is 9.37 Å². The van der Waals surface area contributed by atoms with Gasteiger partial charge in [-0.05, 0) is 49.1 Å². The maximum Gasteiger partial charge on any atom is 0.272 e. The van der Waals surface area contributed by atoms with Crippen LogP contribution in [-0.4, -0.2) is 28.9 Å². The van der Waals surface area contributed by atoms with Crippen LogP contribution in [0.4, 0.5) is 4.39 Å². The lowest BCUT2D eigenvalue weighted by atomic mass is 9.99. The number of hydrogen-bond acceptors (Lipinski definition) is 3. The van der Waals surface area contributed by atoms with E-state index in [1.807, 2.05) is 17.0 Å². The van der Waals surface area contributed by atoms with Gasteiger partial charge in [-0.3, -0.25) is 4.79 Å². The molecule has 0 atom stereocenters. The minimum Gasteiger partial charge on any atom is -0.337 e. The minimum absolute atomic E-state index is 0.00331. The topological polar surface area (TPSA) is 33.2 Å². The number of aromatic nitrogens is 1. The summed E-state index contributed by atoms with van der Waals surface area (Å²) < 4.78 is 13.2. The smallest absolute Gasteiger partial charge is 0.272 e. The van der Waals surface area contributed by atoms with Crippen molar-refractivity contribution in [2.24, 2.45) is 5.92 Å². The summed E-state index contributed by atoms with van der Waals surface area (Å²) in [4.78, 5) is 19.9. The summed E-state index contributed by atoms with van der Waals surface area (Å²) in [5.41, 5.74) is 1.31. The summed E-state index contributed by atoms with van der Waals surface area (Å²) in [7, 11) is 0. The Kier molecular flexibility index (Phi) is 5.97. The van der Waals surface area contributed by atoms with Crippen LogP contribution in [0.15, 0.2) is 41.3 Å². The van der Waals surface area contributed by atoms with Gasteiger partial charge in [0, 0.05) is 23.7 Å². The van der Waals surface area contributed by atoms with Gasteiger partial charge in [0.1, 0.15) is 11.5 Å². The van der Waals surface area contributed by atoms with Crippen molar-refractivity contribution in [3.05, 3.63) is 58.6 Å². The van der Waals surface area contributed by atoms with E-state index in [2.05, 4.69) is 11.9 Å². The molecular weight excluding hydrogens is 359 g/mol. The van der Waals surface area contributed by atoms with Crippen LogP contribution < -0.4 is 0 Å². The highest BCUT2D eigenvalue weighted by atomic mass is 35.5. The molecule has 0 saturated carbocycles. The Morgan fingerprint density at radius 3 is 2.80 bits per heavy atom. The van der Waals surface area contributed by atoms with Gasteiger partial charge in [-0.1, -0.05) is 24.6 Å². The number of benzene rings is 1. The van der Waals surface area contributed by atoms with Crippen LogP contribution in [-0.2, 0) is 5.75 Å². The molecule has 0 bridgehead atoms. The number of thioether (sulfide) groups is 1. The lowest BCUT2D eigenvalue weighted by molar-refractivity contribution is 0.0691. The molecule has 1 aromatic carbocycles. The number of halogens is 2. The maximum absolute atomic E-state index is 13.2. The second-order valence-electron chi connectivity index (χ2n) is 6.35. The first-order chi connectivity index (χ1) is 12.0. The van der Waals surface area contributed by atoms with E-state index < -0.39 is 5.82 Å². The summed E-state index contributed by atoms with van der Waals surface area (Å²) in [5.74, 6) is 0.860. The van der Waals surface area contributed by atoms with Crippen molar-refractivity contribution >= 4 is 29.3 Å². The van der Waals surface area contributed by atoms with Crippen LogP contribution >= 0.6 is 23.4 Å². The van der Waals surface area contributed by atoms with Crippen molar-refractivity contribution in [3.8, 4) is 0 Å². The number of amides is 1. The van der Waals surface area contributed by atoms with Crippen LogP contribution in [0, 0.1) is 11.7 Å². The Bertz CT molecular complexity index is 763. The molecule has 2 heterocycles. The third-order valence-corrected chi connectivity index (χ3v) is 5.69. The number of hydrogen-bond donors (Lipinski definition) is 0. The standard InChI is InChI=1S/C19H20ClFN2OS/c1-13-7-9-23(10-8-13)19(24)18-4-2-3-14(22-18)12-25-15-5-6-17(21)16(20)11-15/h2-6,11,13H,7-10,12H2,1H3. The largest absolute Gasteiger partial charge is 0.337 e. The van der Waals surface area contributed by atoms with E-state index in [0.717, 1.165) is 36.5 Å². The molecule has 1 aliphatic rings. The fourth-order valence-electron chi connectivity index (χ4n) is 2.78. The lowest BCUT2D eigenvalue weighted by Crippen LogP contribution is -2.38. The highest BCUT2D eigenvalue weighted by molar-refractivity contribution is 7.98. The summed E-state index contributed by atoms with van der Waals surface area (Å²) in [6.07, 6.45) is 2.10. The maximum atomic E-state index is 13.2. The molecule has 3 nitrogen and oxygen atoms in total. The van der Waals surface area contributed by atoms with Crippen molar-refractivity contribution < 1.29 is 9.18 Å². The number of carbonyl (C=O) groups is 1. The van der Waals surface area contributed by atoms with Crippen molar-refractivity contribution in [2.45, 2.75) is 30.4 Å². The molecule has 0 radical (unpaired) electrons. The van der Waals surface area contributed by atoms with Gasteiger partial charge in [0.25, 0.3) is 5.91 Å². The average Bonchev–Trinajstić information content (AvgIpc) is 2.63. The van der Waals surface area contributed by atoms with Gasteiger partial charge in [-0.2, -0.15) is 0 Å². The van der Waals surface area contributed by atoms with Crippen molar-refractivity contribution in [1.82, 2.24) is 9.88 Å². The fourth-order valence-corrected chi connectivity index (χ4v) is 3.86. The first-order valence-corrected chi connectivity index (χ1v) is 9.72. The number of pyridine rings is 1. The summed E-state index contributed by atoms with van der Waals surface area (Å²) in [6.45, 7) is 3.82. The average molecular weight is 379 g/mol. The molecule has 1 aromatic heterocycles. The monoisotopic (exact) mass is 378 g/mol. The highest BCUT2D eigenvalue weighted by Crippen LogP contribution is 2.26. The van der Waals surface area contributed by atoms with Gasteiger partial charge in [0.2, 0.25) is 0 Å². The van der Waals surface area contributed by atoms with Gasteiger partial charge in [-0.15, -0.1) is 11.8 Å². The van der Waals surface area contributed by atoms with E-state index in [-0.39, 0.29) is 10.9 Å². The van der Waals surface area contributed by atoms with E-state index in [4.69, 9.17) is 11.6 Å². The molecule has 3 rings (SSSR count). The van der Waals surface area contributed by atoms with Crippen molar-refractivity contribution in [1.29, 1.82) is 0 Å². The van der Waals surface area contributed by atoms with Gasteiger partial charge in [0.05, 0.1) is 10.7 Å². The molecule has 1 aliphatic heterocycles. The van der Waals surface area contributed by atoms with Gasteiger partial charge in [0.15, 0.2) is 0 Å². The fraction of sp³-hybridized carbons (Fsp3) is 0.368. The zero-order valence-electron chi connectivity index (χ0n) is 14.0. The molecule has 0 aliphatic carbocycles. The molecule has 0 spiro atoms. The first kappa shape index (κ1) is 18.2. The van der Waals surface area contributed by atoms with E-state index in [1.54, 1.807) is 18.2 Å². The van der Waals surface area contributed by atoms with Crippen LogP contribution in [0.5, 0.6) is 0 Å². The SMILES string of the molecule is CC1CCN(C(=O)c2cccc(CSc3ccc(F)c(Cl)c3)n2)CC1. The van der Waals surface area contributed by atoms with Crippen molar-refractivity contribution in [3.63, 3.8) is 0 Å². The van der Waals surface area contributed by atoms with Crippen LogP contribution in [0.2, 0.25) is 5.02 Å². The third kappa shape index (κ3) is 4.73. The Morgan fingerprint density at radius 1 is 1.32 bits per heavy atom. The van der Waals surface area contributed by atoms with Crippen LogP contribution in [0.1, 0.15) is 35.9 Å². The Balaban J connectivity index is 1.64. The molecule has 1 fully saturated rings. The van der Waals surface area contributed by atoms with E-state index in [1.165, 1.54) is 17.8 Å². The van der Waals surface area contributed by atoms with Gasteiger partial charge < -0.3 is 4.90 Å². The van der Waals surface area contributed by atoms with E-state index in [9.17, 15) is 9.18 Å². The molecule has 1 amide bonds. The molecule has 6 heteroatoms. The first-order valence-electron chi connectivity index (χ1n) is 8.36. The predicted molar refractivity (Wildman–Crippen MR) is 99.5 cm³/mol. The number of rotatable bonds is 4. The minimum atomic E-state index is -0.424. The summed E-state index contributed by atoms with van der Waals surface area (Å²) >= 11 is 7.32. The summed E-state index contributed by atoms with van der Waals surface area (Å²) in [5, 5.41) is 0.112. The number of carbonyl (C=O) groups excluding carboxylic acids is 1. The predicted octanol–water partition coefficient (Wildman–Crippen LogP) is 5.04. The normalized spacial score (nSPS) is 15.4. The third-order valence-electron chi connectivity index (χ3n) is 4.37.